The van der Waals surface area contributed by atoms with E-state index in [1.165, 1.54) is 12.1 Å². The SMILES string of the molecule is NC(N)c1ccc(C(F)(F)F)cc1. The summed E-state index contributed by atoms with van der Waals surface area (Å²) in [6.45, 7) is 0. The summed E-state index contributed by atoms with van der Waals surface area (Å²) in [5.74, 6) is 0. The van der Waals surface area contributed by atoms with Crippen LogP contribution in [0.15, 0.2) is 24.3 Å². The van der Waals surface area contributed by atoms with Gasteiger partial charge in [-0.05, 0) is 17.7 Å². The van der Waals surface area contributed by atoms with Crippen LogP contribution in [0.4, 0.5) is 13.2 Å². The quantitative estimate of drug-likeness (QED) is 0.661. The molecule has 0 atom stereocenters. The summed E-state index contributed by atoms with van der Waals surface area (Å²) >= 11 is 0. The fraction of sp³-hybridized carbons (Fsp3) is 0.250. The van der Waals surface area contributed by atoms with Gasteiger partial charge in [-0.2, -0.15) is 13.2 Å². The van der Waals surface area contributed by atoms with E-state index < -0.39 is 17.9 Å². The second-order valence-electron chi connectivity index (χ2n) is 2.65. The Hall–Kier alpha value is -1.07. The van der Waals surface area contributed by atoms with Crippen LogP contribution in [0.2, 0.25) is 0 Å². The van der Waals surface area contributed by atoms with Gasteiger partial charge in [-0.3, -0.25) is 0 Å². The third-order valence-electron chi connectivity index (χ3n) is 1.62. The van der Waals surface area contributed by atoms with Crippen molar-refractivity contribution in [2.24, 2.45) is 11.5 Å². The molecule has 0 aromatic heterocycles. The first-order valence-corrected chi connectivity index (χ1v) is 3.59. The number of benzene rings is 1. The average molecular weight is 190 g/mol. The highest BCUT2D eigenvalue weighted by molar-refractivity contribution is 5.25. The predicted molar refractivity (Wildman–Crippen MR) is 42.6 cm³/mol. The van der Waals surface area contributed by atoms with Gasteiger partial charge in [0, 0.05) is 0 Å². The fourth-order valence-corrected chi connectivity index (χ4v) is 0.894. The summed E-state index contributed by atoms with van der Waals surface area (Å²) in [5, 5.41) is 0. The lowest BCUT2D eigenvalue weighted by Crippen LogP contribution is -2.20. The molecule has 1 aromatic rings. The molecule has 1 rings (SSSR count). The molecule has 0 heterocycles. The Morgan fingerprint density at radius 2 is 1.46 bits per heavy atom. The number of nitrogens with two attached hydrogens (primary N) is 2. The third kappa shape index (κ3) is 2.43. The fourth-order valence-electron chi connectivity index (χ4n) is 0.894. The maximum Gasteiger partial charge on any atom is 0.416 e. The summed E-state index contributed by atoms with van der Waals surface area (Å²) in [6, 6.07) is 4.46. The minimum absolute atomic E-state index is 0.480. The molecule has 0 radical (unpaired) electrons. The molecule has 4 N–H and O–H groups in total. The monoisotopic (exact) mass is 190 g/mol. The van der Waals surface area contributed by atoms with Crippen molar-refractivity contribution in [2.45, 2.75) is 12.3 Å². The molecule has 0 saturated carbocycles. The van der Waals surface area contributed by atoms with Crippen LogP contribution < -0.4 is 11.5 Å². The van der Waals surface area contributed by atoms with Gasteiger partial charge >= 0.3 is 6.18 Å². The average Bonchev–Trinajstić information content (AvgIpc) is 2.03. The molecule has 0 spiro atoms. The van der Waals surface area contributed by atoms with Gasteiger partial charge < -0.3 is 11.5 Å². The highest BCUT2D eigenvalue weighted by Crippen LogP contribution is 2.29. The van der Waals surface area contributed by atoms with Crippen molar-refractivity contribution in [3.05, 3.63) is 35.4 Å². The van der Waals surface area contributed by atoms with Crippen LogP contribution in [-0.2, 0) is 6.18 Å². The molecule has 13 heavy (non-hydrogen) atoms. The molecule has 0 fully saturated rings. The number of alkyl halides is 3. The molecule has 2 nitrogen and oxygen atoms in total. The third-order valence-corrected chi connectivity index (χ3v) is 1.62. The summed E-state index contributed by atoms with van der Waals surface area (Å²) in [4.78, 5) is 0. The molecule has 0 aliphatic rings. The van der Waals surface area contributed by atoms with Crippen LogP contribution >= 0.6 is 0 Å². The van der Waals surface area contributed by atoms with Gasteiger partial charge in [0.15, 0.2) is 0 Å². The van der Waals surface area contributed by atoms with Crippen molar-refractivity contribution < 1.29 is 13.2 Å². The molecule has 0 saturated heterocycles. The van der Waals surface area contributed by atoms with Gasteiger partial charge in [0.25, 0.3) is 0 Å². The zero-order valence-electron chi connectivity index (χ0n) is 6.68. The normalized spacial score (nSPS) is 12.2. The van der Waals surface area contributed by atoms with E-state index in [2.05, 4.69) is 0 Å². The number of rotatable bonds is 1. The second kappa shape index (κ2) is 3.35. The minimum Gasteiger partial charge on any atom is -0.312 e. The van der Waals surface area contributed by atoms with Crippen molar-refractivity contribution in [1.29, 1.82) is 0 Å². The van der Waals surface area contributed by atoms with E-state index in [9.17, 15) is 13.2 Å². The van der Waals surface area contributed by atoms with Crippen LogP contribution in [0.3, 0.4) is 0 Å². The predicted octanol–water partition coefficient (Wildman–Crippen LogP) is 1.62. The number of hydrogen-bond donors (Lipinski definition) is 2. The van der Waals surface area contributed by atoms with Crippen molar-refractivity contribution in [1.82, 2.24) is 0 Å². The van der Waals surface area contributed by atoms with Gasteiger partial charge in [-0.15, -0.1) is 0 Å². The van der Waals surface area contributed by atoms with Crippen LogP contribution in [0, 0.1) is 0 Å². The Balaban J connectivity index is 2.94. The zero-order valence-corrected chi connectivity index (χ0v) is 6.68. The molecule has 0 aliphatic heterocycles. The van der Waals surface area contributed by atoms with Crippen molar-refractivity contribution in [3.8, 4) is 0 Å². The molecule has 1 aromatic carbocycles. The van der Waals surface area contributed by atoms with E-state index in [4.69, 9.17) is 11.5 Å². The molecule has 5 heteroatoms. The van der Waals surface area contributed by atoms with E-state index in [-0.39, 0.29) is 0 Å². The molecule has 0 bridgehead atoms. The molecule has 0 amide bonds. The van der Waals surface area contributed by atoms with Crippen LogP contribution in [0.1, 0.15) is 17.3 Å². The van der Waals surface area contributed by atoms with Gasteiger partial charge in [0.1, 0.15) is 0 Å². The molecule has 0 unspecified atom stereocenters. The Kier molecular flexibility index (Phi) is 2.58. The smallest absolute Gasteiger partial charge is 0.312 e. The van der Waals surface area contributed by atoms with Crippen molar-refractivity contribution in [3.63, 3.8) is 0 Å². The molecular weight excluding hydrogens is 181 g/mol. The summed E-state index contributed by atoms with van der Waals surface area (Å²) in [6.07, 6.45) is -5.04. The maximum atomic E-state index is 12.1. The first-order valence-electron chi connectivity index (χ1n) is 3.59. The Labute approximate surface area is 73.3 Å². The summed E-state index contributed by atoms with van der Waals surface area (Å²) in [7, 11) is 0. The lowest BCUT2D eigenvalue weighted by Gasteiger charge is -2.09. The topological polar surface area (TPSA) is 52.0 Å². The highest BCUT2D eigenvalue weighted by atomic mass is 19.4. The van der Waals surface area contributed by atoms with E-state index in [0.717, 1.165) is 12.1 Å². The number of hydrogen-bond acceptors (Lipinski definition) is 2. The second-order valence-corrected chi connectivity index (χ2v) is 2.65. The Bertz CT molecular complexity index is 276. The van der Waals surface area contributed by atoms with Gasteiger partial charge in [0.05, 0.1) is 11.7 Å². The first kappa shape index (κ1) is 10.0. The lowest BCUT2D eigenvalue weighted by molar-refractivity contribution is -0.137. The zero-order chi connectivity index (χ0) is 10.1. The van der Waals surface area contributed by atoms with Crippen molar-refractivity contribution >= 4 is 0 Å². The van der Waals surface area contributed by atoms with Gasteiger partial charge in [-0.1, -0.05) is 12.1 Å². The molecular formula is C8H9F3N2. The largest absolute Gasteiger partial charge is 0.416 e. The first-order chi connectivity index (χ1) is 5.91. The van der Waals surface area contributed by atoms with E-state index in [1.54, 1.807) is 0 Å². The lowest BCUT2D eigenvalue weighted by atomic mass is 10.1. The van der Waals surface area contributed by atoms with Crippen LogP contribution in [0.5, 0.6) is 0 Å². The highest BCUT2D eigenvalue weighted by Gasteiger charge is 2.29. The summed E-state index contributed by atoms with van der Waals surface area (Å²) < 4.78 is 36.2. The van der Waals surface area contributed by atoms with Crippen molar-refractivity contribution in [2.75, 3.05) is 0 Å². The van der Waals surface area contributed by atoms with E-state index in [0.29, 0.717) is 5.56 Å². The van der Waals surface area contributed by atoms with E-state index >= 15 is 0 Å². The summed E-state index contributed by atoms with van der Waals surface area (Å²) in [5.41, 5.74) is 10.3. The molecule has 0 aliphatic carbocycles. The minimum atomic E-state index is -4.31. The van der Waals surface area contributed by atoms with E-state index in [1.807, 2.05) is 0 Å². The van der Waals surface area contributed by atoms with Crippen LogP contribution in [-0.4, -0.2) is 0 Å². The number of halogens is 3. The van der Waals surface area contributed by atoms with Crippen LogP contribution in [0.25, 0.3) is 0 Å². The standard InChI is InChI=1S/C8H9F3N2/c9-8(10,11)6-3-1-5(2-4-6)7(12)13/h1-4,7H,12-13H2. The van der Waals surface area contributed by atoms with Gasteiger partial charge in [-0.25, -0.2) is 0 Å². The van der Waals surface area contributed by atoms with Gasteiger partial charge in [0.2, 0.25) is 0 Å². The Morgan fingerprint density at radius 3 is 1.77 bits per heavy atom. The Morgan fingerprint density at radius 1 is 1.00 bits per heavy atom. The molecule has 72 valence electrons. The maximum absolute atomic E-state index is 12.1.